The molecule has 0 bridgehead atoms. The number of rotatable bonds is 3. The summed E-state index contributed by atoms with van der Waals surface area (Å²) in [4.78, 5) is 30.1. The van der Waals surface area contributed by atoms with Crippen molar-refractivity contribution in [3.63, 3.8) is 0 Å². The average Bonchev–Trinajstić information content (AvgIpc) is 2.84. The van der Waals surface area contributed by atoms with Gasteiger partial charge in [-0.25, -0.2) is 9.80 Å². The monoisotopic (exact) mass is 520 g/mol. The summed E-state index contributed by atoms with van der Waals surface area (Å²) in [5, 5.41) is 11.0. The Morgan fingerprint density at radius 1 is 1.06 bits per heavy atom. The van der Waals surface area contributed by atoms with Crippen LogP contribution in [0.1, 0.15) is 22.1 Å². The maximum atomic E-state index is 12.9. The van der Waals surface area contributed by atoms with Gasteiger partial charge in [-0.3, -0.25) is 15.1 Å². The predicted octanol–water partition coefficient (Wildman–Crippen LogP) is 3.17. The maximum Gasteiger partial charge on any atom is 0.343 e. The number of hydrogen-bond acceptors (Lipinski definition) is 7. The van der Waals surface area contributed by atoms with Gasteiger partial charge in [-0.2, -0.15) is 0 Å². The highest BCUT2D eigenvalue weighted by Crippen LogP contribution is 2.31. The lowest BCUT2D eigenvalue weighted by atomic mass is 10.1. The van der Waals surface area contributed by atoms with Crippen LogP contribution in [0.2, 0.25) is 0 Å². The minimum absolute atomic E-state index is 0.221. The van der Waals surface area contributed by atoms with Crippen LogP contribution in [0.4, 0.5) is 0 Å². The van der Waals surface area contributed by atoms with E-state index in [1.807, 2.05) is 42.7 Å². The van der Waals surface area contributed by atoms with E-state index in [0.29, 0.717) is 22.2 Å². The smallest absolute Gasteiger partial charge is 0.343 e. The van der Waals surface area contributed by atoms with Gasteiger partial charge in [0, 0.05) is 9.69 Å². The highest BCUT2D eigenvalue weighted by molar-refractivity contribution is 9.10. The number of fused-ring (bicyclic) bond motifs is 2. The number of benzene rings is 3. The molecule has 164 valence electrons. The fraction of sp³-hybridized carbons (Fsp3) is 0.0833. The quantitative estimate of drug-likeness (QED) is 0.423. The lowest BCUT2D eigenvalue weighted by molar-refractivity contribution is -0.116. The van der Waals surface area contributed by atoms with Crippen molar-refractivity contribution in [2.75, 3.05) is 6.26 Å². The molecule has 5 rings (SSSR count). The van der Waals surface area contributed by atoms with E-state index in [2.05, 4.69) is 26.3 Å². The Morgan fingerprint density at radius 3 is 2.52 bits per heavy atom. The van der Waals surface area contributed by atoms with Gasteiger partial charge in [0.05, 0.1) is 10.9 Å². The number of carbonyl (C=O) groups excluding carboxylic acids is 2. The molecule has 1 amide bonds. The molecule has 0 aliphatic carbocycles. The number of hydrazone groups is 1. The third-order valence-corrected chi connectivity index (χ3v) is 6.28. The van der Waals surface area contributed by atoms with Crippen molar-refractivity contribution in [1.82, 2.24) is 10.3 Å². The van der Waals surface area contributed by atoms with Gasteiger partial charge in [0.15, 0.2) is 11.3 Å². The first kappa shape index (κ1) is 21.4. The molecule has 9 heteroatoms. The van der Waals surface area contributed by atoms with Gasteiger partial charge >= 0.3 is 5.97 Å². The number of nitrogens with zero attached hydrogens (tertiary/aromatic N) is 3. The Morgan fingerprint density at radius 2 is 1.79 bits per heavy atom. The molecule has 0 radical (unpaired) electrons. The lowest BCUT2D eigenvalue weighted by Gasteiger charge is -2.33. The SMILES string of the molecule is CSC1=NN2C(=c3ccccc3=NC2c2ccc(OC(=O)c3ccc(Br)cc3)cc2)C(=O)N1. The molecule has 1 unspecified atom stereocenters. The second-order valence-electron chi connectivity index (χ2n) is 7.24. The number of para-hydroxylation sites is 1. The maximum absolute atomic E-state index is 12.9. The zero-order valence-corrected chi connectivity index (χ0v) is 19.8. The summed E-state index contributed by atoms with van der Waals surface area (Å²) in [6, 6.07) is 21.5. The largest absolute Gasteiger partial charge is 0.423 e. The standard InChI is InChI=1S/C24H17BrN4O3S/c1-33-24-27-22(30)20-18-4-2-3-5-19(18)26-21(29(20)28-24)14-8-12-17(13-9-14)32-23(31)15-6-10-16(25)11-7-15/h2-13,21H,1H3,(H,27,28,30). The summed E-state index contributed by atoms with van der Waals surface area (Å²) in [5.74, 6) is -0.248. The van der Waals surface area contributed by atoms with E-state index in [9.17, 15) is 9.59 Å². The van der Waals surface area contributed by atoms with Gasteiger partial charge in [0.2, 0.25) is 0 Å². The van der Waals surface area contributed by atoms with E-state index in [1.54, 1.807) is 41.4 Å². The van der Waals surface area contributed by atoms with Crippen LogP contribution in [0.15, 0.2) is 87.4 Å². The number of nitrogens with one attached hydrogen (secondary N) is 1. The second kappa shape index (κ2) is 8.84. The van der Waals surface area contributed by atoms with Crippen molar-refractivity contribution >= 4 is 50.4 Å². The number of esters is 1. The first-order chi connectivity index (χ1) is 16.0. The second-order valence-corrected chi connectivity index (χ2v) is 8.95. The minimum atomic E-state index is -0.528. The fourth-order valence-corrected chi connectivity index (χ4v) is 4.23. The van der Waals surface area contributed by atoms with E-state index in [1.165, 1.54) is 11.8 Å². The molecule has 7 nitrogen and oxygen atoms in total. The van der Waals surface area contributed by atoms with Crippen LogP contribution < -0.4 is 20.6 Å². The van der Waals surface area contributed by atoms with Crippen LogP contribution in [0.5, 0.6) is 5.75 Å². The molecule has 0 fully saturated rings. The van der Waals surface area contributed by atoms with Gasteiger partial charge in [0.25, 0.3) is 5.91 Å². The number of ether oxygens (including phenoxy) is 1. The van der Waals surface area contributed by atoms with Crippen molar-refractivity contribution in [2.45, 2.75) is 6.17 Å². The molecule has 2 aliphatic rings. The van der Waals surface area contributed by atoms with Crippen molar-refractivity contribution < 1.29 is 14.3 Å². The number of amides is 1. The van der Waals surface area contributed by atoms with Gasteiger partial charge in [-0.1, -0.05) is 58.0 Å². The molecule has 0 saturated carbocycles. The number of halogens is 1. The molecule has 2 heterocycles. The molecule has 0 spiro atoms. The van der Waals surface area contributed by atoms with Gasteiger partial charge in [0.1, 0.15) is 11.4 Å². The van der Waals surface area contributed by atoms with Crippen LogP contribution in [0, 0.1) is 0 Å². The zero-order chi connectivity index (χ0) is 22.9. The van der Waals surface area contributed by atoms with Gasteiger partial charge in [-0.15, -0.1) is 5.10 Å². The van der Waals surface area contributed by atoms with E-state index < -0.39 is 12.1 Å². The van der Waals surface area contributed by atoms with Crippen molar-refractivity contribution in [3.8, 4) is 5.75 Å². The summed E-state index contributed by atoms with van der Waals surface area (Å²) in [5.41, 5.74) is 1.72. The molecular formula is C24H17BrN4O3S. The molecule has 33 heavy (non-hydrogen) atoms. The normalized spacial score (nSPS) is 16.7. The van der Waals surface area contributed by atoms with Crippen LogP contribution in [0.25, 0.3) is 5.70 Å². The van der Waals surface area contributed by atoms with Crippen molar-refractivity contribution in [3.05, 3.63) is 99.0 Å². The van der Waals surface area contributed by atoms with Crippen LogP contribution in [-0.4, -0.2) is 28.3 Å². The first-order valence-electron chi connectivity index (χ1n) is 10.0. The number of carbonyl (C=O) groups is 2. The lowest BCUT2D eigenvalue weighted by Crippen LogP contribution is -2.50. The topological polar surface area (TPSA) is 83.4 Å². The number of thioether (sulfide) groups is 1. The first-order valence-corrected chi connectivity index (χ1v) is 12.0. The molecule has 0 saturated heterocycles. The van der Waals surface area contributed by atoms with E-state index in [-0.39, 0.29) is 5.91 Å². The number of hydrogen-bond donors (Lipinski definition) is 1. The van der Waals surface area contributed by atoms with Crippen molar-refractivity contribution in [1.29, 1.82) is 0 Å². The summed E-state index contributed by atoms with van der Waals surface area (Å²) in [6.45, 7) is 0. The van der Waals surface area contributed by atoms with E-state index in [4.69, 9.17) is 9.73 Å². The Balaban J connectivity index is 1.47. The third-order valence-electron chi connectivity index (χ3n) is 5.18. The number of amidine groups is 1. The highest BCUT2D eigenvalue weighted by atomic mass is 79.9. The Labute approximate surface area is 202 Å². The van der Waals surface area contributed by atoms with Crippen LogP contribution >= 0.6 is 27.7 Å². The Kier molecular flexibility index (Phi) is 5.74. The summed E-state index contributed by atoms with van der Waals surface area (Å²) in [7, 11) is 0. The van der Waals surface area contributed by atoms with Crippen LogP contribution in [0.3, 0.4) is 0 Å². The summed E-state index contributed by atoms with van der Waals surface area (Å²) in [6.07, 6.45) is 1.32. The summed E-state index contributed by atoms with van der Waals surface area (Å²) >= 11 is 4.70. The van der Waals surface area contributed by atoms with E-state index in [0.717, 1.165) is 20.6 Å². The molecular weight excluding hydrogens is 504 g/mol. The summed E-state index contributed by atoms with van der Waals surface area (Å²) < 4.78 is 6.38. The van der Waals surface area contributed by atoms with Crippen LogP contribution in [-0.2, 0) is 4.79 Å². The van der Waals surface area contributed by atoms with Crippen molar-refractivity contribution in [2.24, 2.45) is 10.1 Å². The Bertz CT molecular complexity index is 1400. The van der Waals surface area contributed by atoms with E-state index >= 15 is 0 Å². The minimum Gasteiger partial charge on any atom is -0.423 e. The average molecular weight is 521 g/mol. The molecule has 3 aromatic carbocycles. The predicted molar refractivity (Wildman–Crippen MR) is 130 cm³/mol. The third kappa shape index (κ3) is 4.17. The van der Waals surface area contributed by atoms with Gasteiger partial charge < -0.3 is 4.74 Å². The molecule has 1 N–H and O–H groups in total. The molecule has 1 atom stereocenters. The molecule has 3 aromatic rings. The molecule has 0 aromatic heterocycles. The molecule has 2 aliphatic heterocycles. The van der Waals surface area contributed by atoms with Gasteiger partial charge in [-0.05, 0) is 54.3 Å². The Hall–Kier alpha value is -3.43. The fourth-order valence-electron chi connectivity index (χ4n) is 3.60. The highest BCUT2D eigenvalue weighted by Gasteiger charge is 2.34. The zero-order valence-electron chi connectivity index (χ0n) is 17.4.